The minimum atomic E-state index is -1.06. The van der Waals surface area contributed by atoms with E-state index in [4.69, 9.17) is 36.4 Å². The van der Waals surface area contributed by atoms with Crippen molar-refractivity contribution in [1.29, 1.82) is 0 Å². The molecule has 4 aliphatic heterocycles. The number of aliphatic hydroxyl groups excluding tert-OH is 3. The summed E-state index contributed by atoms with van der Waals surface area (Å²) in [5.74, 6) is 0.331. The van der Waals surface area contributed by atoms with E-state index < -0.39 is 12.6 Å². The zero-order valence-electron chi connectivity index (χ0n) is 33.6. The number of piperidine rings is 3. The molecule has 0 aromatic carbocycles. The summed E-state index contributed by atoms with van der Waals surface area (Å²) in [6, 6.07) is 1.49. The van der Waals surface area contributed by atoms with Gasteiger partial charge >= 0.3 is 34.1 Å². The van der Waals surface area contributed by atoms with Gasteiger partial charge in [-0.3, -0.25) is 0 Å². The Balaban J connectivity index is 0.000000428. The molecule has 5 atom stereocenters. The van der Waals surface area contributed by atoms with Crippen LogP contribution in [0.1, 0.15) is 128 Å². The topological polar surface area (TPSA) is 164 Å². The molecule has 0 aromatic rings. The van der Waals surface area contributed by atoms with Crippen LogP contribution in [0.25, 0.3) is 21.3 Å². The van der Waals surface area contributed by atoms with E-state index in [1.807, 2.05) is 12.3 Å². The fourth-order valence-corrected chi connectivity index (χ4v) is 8.80. The van der Waals surface area contributed by atoms with Crippen LogP contribution in [0.2, 0.25) is 0 Å². The van der Waals surface area contributed by atoms with Crippen LogP contribution in [0.5, 0.6) is 0 Å². The molecular weight excluding hydrogens is 780 g/mol. The van der Waals surface area contributed by atoms with Crippen molar-refractivity contribution in [3.05, 3.63) is 45.7 Å². The predicted molar refractivity (Wildman–Crippen MR) is 216 cm³/mol. The van der Waals surface area contributed by atoms with Gasteiger partial charge in [0.15, 0.2) is 12.6 Å². The van der Waals surface area contributed by atoms with Crippen molar-refractivity contribution in [2.24, 2.45) is 11.8 Å². The zero-order chi connectivity index (χ0) is 37.5. The number of hydrogen-bond donors (Lipinski definition) is 5. The molecule has 5 fully saturated rings. The summed E-state index contributed by atoms with van der Waals surface area (Å²) in [7, 11) is 0. The van der Waals surface area contributed by atoms with Gasteiger partial charge in [0, 0.05) is 24.9 Å². The SMILES string of the molecule is OC(CCN(CC1CCCC[N-]1)CC1CCCC[N-]1)CN(CC1C=CC=C[N-]1)CC1CCCC[N-]1.OC(O)C1CCCCC1.OC(O)C1CCCCC1.[Fe+4].[Fe+4]. The average Bonchev–Trinajstić information content (AvgIpc) is 3.20. The molecule has 0 aromatic heterocycles. The van der Waals surface area contributed by atoms with Gasteiger partial charge in [0.25, 0.3) is 0 Å². The van der Waals surface area contributed by atoms with Gasteiger partial charge in [-0.25, -0.2) is 0 Å². The molecule has 316 valence electrons. The summed E-state index contributed by atoms with van der Waals surface area (Å²) < 4.78 is 0. The molecule has 6 rings (SSSR count). The second kappa shape index (κ2) is 30.9. The summed E-state index contributed by atoms with van der Waals surface area (Å²) in [5, 5.41) is 65.3. The molecule has 11 nitrogen and oxygen atoms in total. The Labute approximate surface area is 355 Å². The first-order chi connectivity index (χ1) is 25.9. The van der Waals surface area contributed by atoms with E-state index in [1.54, 1.807) is 0 Å². The molecular formula is C42H76Fe2N6O5+4. The molecule has 0 bridgehead atoms. The largest absolute Gasteiger partial charge is 4.00 e. The van der Waals surface area contributed by atoms with Crippen molar-refractivity contribution in [1.82, 2.24) is 9.80 Å². The van der Waals surface area contributed by atoms with Crippen molar-refractivity contribution >= 4 is 0 Å². The quantitative estimate of drug-likeness (QED) is 0.0905. The molecule has 3 saturated heterocycles. The maximum absolute atomic E-state index is 11.1. The third kappa shape index (κ3) is 22.2. The molecule has 5 N–H and O–H groups in total. The molecule has 5 unspecified atom stereocenters. The van der Waals surface area contributed by atoms with Crippen LogP contribution in [0.4, 0.5) is 0 Å². The Morgan fingerprint density at radius 1 is 0.509 bits per heavy atom. The van der Waals surface area contributed by atoms with E-state index in [0.29, 0.717) is 24.7 Å². The summed E-state index contributed by atoms with van der Waals surface area (Å²) in [5.41, 5.74) is 0. The van der Waals surface area contributed by atoms with Crippen LogP contribution < -0.4 is 0 Å². The van der Waals surface area contributed by atoms with Gasteiger partial charge in [-0.15, -0.1) is 37.8 Å². The van der Waals surface area contributed by atoms with Gasteiger partial charge in [-0.2, -0.15) is 6.20 Å². The molecule has 6 aliphatic rings. The Morgan fingerprint density at radius 2 is 0.945 bits per heavy atom. The van der Waals surface area contributed by atoms with Gasteiger partial charge in [-0.1, -0.05) is 121 Å². The van der Waals surface area contributed by atoms with Crippen molar-refractivity contribution in [2.75, 3.05) is 58.9 Å². The summed E-state index contributed by atoms with van der Waals surface area (Å²) in [6.45, 7) is 8.51. The number of allylic oxidation sites excluding steroid dienone is 2. The standard InChI is InChI=1S/C28H48N6O.2C7H14O2.2Fe/c35-28(23-34(21-26-11-3-7-16-31-26)22-27-12-4-8-17-32-27)13-18-33(19-24-9-1-5-14-29-24)20-25-10-2-6-15-30-25;2*8-7(9)6-4-2-1-3-5-6;;/h3,7,11,16,24-28,35H,1-2,4-6,8-10,12-15,17-23H2;2*6-9H,1-5H2;;/q-4;;;2*+4. The number of nitrogens with zero attached hydrogens (tertiary/aromatic N) is 6. The minimum Gasteiger partial charge on any atom is -0.684 e. The molecule has 4 heterocycles. The van der Waals surface area contributed by atoms with E-state index in [1.165, 1.54) is 96.3 Å². The van der Waals surface area contributed by atoms with Gasteiger partial charge in [-0.05, 0) is 58.3 Å². The third-order valence-corrected chi connectivity index (χ3v) is 12.0. The van der Waals surface area contributed by atoms with Crippen LogP contribution in [-0.4, -0.2) is 137 Å². The van der Waals surface area contributed by atoms with E-state index in [0.717, 1.165) is 84.5 Å². The number of aliphatic hydroxyl groups is 5. The Morgan fingerprint density at radius 3 is 1.31 bits per heavy atom. The maximum Gasteiger partial charge on any atom is 4.00 e. The first-order valence-electron chi connectivity index (χ1n) is 21.7. The molecule has 2 aliphatic carbocycles. The summed E-state index contributed by atoms with van der Waals surface area (Å²) in [6.07, 6.45) is 28.9. The van der Waals surface area contributed by atoms with Crippen molar-refractivity contribution in [3.63, 3.8) is 0 Å². The second-order valence-electron chi connectivity index (χ2n) is 16.7. The molecule has 55 heavy (non-hydrogen) atoms. The van der Waals surface area contributed by atoms with Crippen LogP contribution >= 0.6 is 0 Å². The van der Waals surface area contributed by atoms with E-state index in [-0.39, 0.29) is 58.1 Å². The van der Waals surface area contributed by atoms with Gasteiger partial charge in [0.05, 0.1) is 6.10 Å². The minimum absolute atomic E-state index is 0. The van der Waals surface area contributed by atoms with Crippen molar-refractivity contribution < 1.29 is 59.7 Å². The van der Waals surface area contributed by atoms with Crippen LogP contribution in [0.3, 0.4) is 0 Å². The second-order valence-corrected chi connectivity index (χ2v) is 16.7. The van der Waals surface area contributed by atoms with Gasteiger partial charge in [0.1, 0.15) is 0 Å². The Kier molecular flexibility index (Phi) is 28.7. The zero-order valence-corrected chi connectivity index (χ0v) is 35.8. The number of hydrogen-bond acceptors (Lipinski definition) is 7. The monoisotopic (exact) mass is 856 g/mol. The van der Waals surface area contributed by atoms with Crippen LogP contribution in [0, 0.1) is 11.8 Å². The first kappa shape index (κ1) is 51.1. The van der Waals surface area contributed by atoms with Crippen molar-refractivity contribution in [3.8, 4) is 0 Å². The van der Waals surface area contributed by atoms with E-state index in [9.17, 15) is 5.11 Å². The molecule has 2 saturated carbocycles. The van der Waals surface area contributed by atoms with Gasteiger partial charge < -0.3 is 56.6 Å². The smallest absolute Gasteiger partial charge is 0.684 e. The molecule has 0 spiro atoms. The summed E-state index contributed by atoms with van der Waals surface area (Å²) >= 11 is 0. The average molecular weight is 857 g/mol. The fraction of sp³-hybridized carbons (Fsp3) is 0.905. The Bertz CT molecular complexity index is 928. The molecule has 13 heteroatoms. The van der Waals surface area contributed by atoms with Crippen LogP contribution in [0.15, 0.2) is 24.4 Å². The molecule has 0 amide bonds. The van der Waals surface area contributed by atoms with Crippen molar-refractivity contribution in [2.45, 2.75) is 171 Å². The summed E-state index contributed by atoms with van der Waals surface area (Å²) in [4.78, 5) is 4.98. The normalized spacial score (nSPS) is 26.9. The van der Waals surface area contributed by atoms with E-state index >= 15 is 0 Å². The first-order valence-corrected chi connectivity index (χ1v) is 21.7. The number of rotatable bonds is 15. The Hall–Kier alpha value is -0.0810. The molecule has 0 radical (unpaired) electrons. The predicted octanol–water partition coefficient (Wildman–Crippen LogP) is 6.70. The maximum atomic E-state index is 11.1. The van der Waals surface area contributed by atoms with Gasteiger partial charge in [0.2, 0.25) is 0 Å². The van der Waals surface area contributed by atoms with Crippen LogP contribution in [-0.2, 0) is 34.1 Å². The fourth-order valence-electron chi connectivity index (χ4n) is 8.80. The third-order valence-electron chi connectivity index (χ3n) is 12.0. The van der Waals surface area contributed by atoms with E-state index in [2.05, 4.69) is 27.3 Å².